The molecule has 0 rings (SSSR count). The zero-order chi connectivity index (χ0) is 7.28. The Bertz CT molecular complexity index is 95.8. The average Bonchev–Trinajstić information content (AvgIpc) is 1.87. The van der Waals surface area contributed by atoms with Crippen molar-refractivity contribution >= 4 is 5.91 Å². The van der Waals surface area contributed by atoms with Crippen LogP contribution in [0.2, 0.25) is 0 Å². The van der Waals surface area contributed by atoms with Gasteiger partial charge in [-0.1, -0.05) is 0 Å². The Hall–Kier alpha value is -0.650. The molecule has 1 amide bonds. The van der Waals surface area contributed by atoms with Crippen LogP contribution in [0.3, 0.4) is 0 Å². The molecular formula is C4H10N2O3. The van der Waals surface area contributed by atoms with Crippen molar-refractivity contribution < 1.29 is 15.0 Å². The number of carbonyl (C=O) groups excluding carboxylic acids is 1. The van der Waals surface area contributed by atoms with Crippen LogP contribution in [0.5, 0.6) is 0 Å². The summed E-state index contributed by atoms with van der Waals surface area (Å²) in [5.41, 5.74) is 1.82. The van der Waals surface area contributed by atoms with E-state index in [-0.39, 0.29) is 6.42 Å². The minimum Gasteiger partial charge on any atom is -0.394 e. The lowest BCUT2D eigenvalue weighted by Crippen LogP contribution is -2.33. The van der Waals surface area contributed by atoms with E-state index >= 15 is 0 Å². The number of rotatable bonds is 3. The van der Waals surface area contributed by atoms with Gasteiger partial charge in [0.1, 0.15) is 0 Å². The van der Waals surface area contributed by atoms with Crippen molar-refractivity contribution in [2.45, 2.75) is 12.5 Å². The molecule has 9 heavy (non-hydrogen) atoms. The zero-order valence-corrected chi connectivity index (χ0v) is 4.87. The molecule has 0 aliphatic heterocycles. The molecule has 0 saturated heterocycles. The second-order valence-electron chi connectivity index (χ2n) is 1.61. The number of nitrogens with two attached hydrogens (primary N) is 1. The Morgan fingerprint density at radius 2 is 2.33 bits per heavy atom. The molecule has 5 nitrogen and oxygen atoms in total. The molecule has 0 unspecified atom stereocenters. The monoisotopic (exact) mass is 134 g/mol. The van der Waals surface area contributed by atoms with Crippen molar-refractivity contribution in [1.29, 1.82) is 0 Å². The summed E-state index contributed by atoms with van der Waals surface area (Å²) in [4.78, 5) is 10.3. The molecule has 0 aromatic heterocycles. The van der Waals surface area contributed by atoms with Gasteiger partial charge in [-0.25, -0.2) is 5.84 Å². The third-order valence-electron chi connectivity index (χ3n) is 0.793. The maximum absolute atomic E-state index is 10.3. The Labute approximate surface area is 52.4 Å². The third-order valence-corrected chi connectivity index (χ3v) is 0.793. The summed E-state index contributed by atoms with van der Waals surface area (Å²) in [6.45, 7) is -0.423. The van der Waals surface area contributed by atoms with E-state index in [4.69, 9.17) is 10.2 Å². The summed E-state index contributed by atoms with van der Waals surface area (Å²) in [6.07, 6.45) is -1.17. The van der Waals surface area contributed by atoms with Crippen LogP contribution < -0.4 is 11.3 Å². The fourth-order valence-corrected chi connectivity index (χ4v) is 0.337. The largest absolute Gasteiger partial charge is 0.394 e. The van der Waals surface area contributed by atoms with Gasteiger partial charge in [-0.05, 0) is 0 Å². The number of carbonyl (C=O) groups is 1. The van der Waals surface area contributed by atoms with Gasteiger partial charge in [0.2, 0.25) is 5.91 Å². The highest BCUT2D eigenvalue weighted by atomic mass is 16.3. The molecule has 0 heterocycles. The number of amides is 1. The summed E-state index contributed by atoms with van der Waals surface area (Å²) in [7, 11) is 0. The van der Waals surface area contributed by atoms with E-state index in [1.54, 1.807) is 0 Å². The maximum Gasteiger partial charge on any atom is 0.236 e. The van der Waals surface area contributed by atoms with Gasteiger partial charge in [0.15, 0.2) is 0 Å². The predicted molar refractivity (Wildman–Crippen MR) is 30.0 cm³/mol. The molecule has 0 saturated carbocycles. The fraction of sp³-hybridized carbons (Fsp3) is 0.750. The molecule has 5 N–H and O–H groups in total. The molecule has 0 aromatic carbocycles. The van der Waals surface area contributed by atoms with Gasteiger partial charge >= 0.3 is 0 Å². The SMILES string of the molecule is NNC(=O)C[C@H](O)CO. The van der Waals surface area contributed by atoms with Crippen LogP contribution in [0.25, 0.3) is 0 Å². The number of aliphatic hydroxyl groups excluding tert-OH is 2. The summed E-state index contributed by atoms with van der Waals surface area (Å²) in [5, 5.41) is 16.8. The van der Waals surface area contributed by atoms with Gasteiger partial charge in [0.25, 0.3) is 0 Å². The highest BCUT2D eigenvalue weighted by Gasteiger charge is 2.06. The molecule has 0 aliphatic carbocycles. The van der Waals surface area contributed by atoms with Crippen molar-refractivity contribution in [3.8, 4) is 0 Å². The molecule has 5 heteroatoms. The summed E-state index contributed by atoms with van der Waals surface area (Å²) >= 11 is 0. The Balaban J connectivity index is 3.34. The number of hydrogen-bond acceptors (Lipinski definition) is 4. The van der Waals surface area contributed by atoms with E-state index in [2.05, 4.69) is 5.84 Å². The average molecular weight is 134 g/mol. The van der Waals surface area contributed by atoms with Crippen LogP contribution in [-0.2, 0) is 4.79 Å². The van der Waals surface area contributed by atoms with E-state index in [0.717, 1.165) is 0 Å². The van der Waals surface area contributed by atoms with Gasteiger partial charge in [-0.15, -0.1) is 0 Å². The summed E-state index contributed by atoms with van der Waals surface area (Å²) in [5.74, 6) is 4.19. The normalized spacial score (nSPS) is 12.8. The molecule has 0 spiro atoms. The first-order valence-electron chi connectivity index (χ1n) is 2.49. The van der Waals surface area contributed by atoms with Crippen LogP contribution in [0.15, 0.2) is 0 Å². The van der Waals surface area contributed by atoms with E-state index < -0.39 is 18.6 Å². The topological polar surface area (TPSA) is 95.6 Å². The minimum absolute atomic E-state index is 0.160. The van der Waals surface area contributed by atoms with Crippen LogP contribution >= 0.6 is 0 Å². The molecule has 0 bridgehead atoms. The first kappa shape index (κ1) is 8.35. The third kappa shape index (κ3) is 3.89. The Morgan fingerprint density at radius 1 is 1.78 bits per heavy atom. The van der Waals surface area contributed by atoms with Gasteiger partial charge in [0.05, 0.1) is 19.1 Å². The van der Waals surface area contributed by atoms with Gasteiger partial charge < -0.3 is 10.2 Å². The Kier molecular flexibility index (Phi) is 3.94. The summed E-state index contributed by atoms with van der Waals surface area (Å²) < 4.78 is 0. The van der Waals surface area contributed by atoms with Crippen molar-refractivity contribution in [2.24, 2.45) is 5.84 Å². The molecular weight excluding hydrogens is 124 g/mol. The standard InChI is InChI=1S/C4H10N2O3/c5-6-4(9)1-3(8)2-7/h3,7-8H,1-2,5H2,(H,6,9)/t3-/m0/s1. The van der Waals surface area contributed by atoms with Crippen LogP contribution in [-0.4, -0.2) is 28.8 Å². The van der Waals surface area contributed by atoms with Crippen molar-refractivity contribution in [1.82, 2.24) is 5.43 Å². The van der Waals surface area contributed by atoms with E-state index in [0.29, 0.717) is 0 Å². The fourth-order valence-electron chi connectivity index (χ4n) is 0.337. The lowest BCUT2D eigenvalue weighted by atomic mass is 10.2. The highest BCUT2D eigenvalue weighted by Crippen LogP contribution is 1.87. The zero-order valence-electron chi connectivity index (χ0n) is 4.87. The molecule has 54 valence electrons. The van der Waals surface area contributed by atoms with Crippen LogP contribution in [0.4, 0.5) is 0 Å². The molecule has 1 atom stereocenters. The number of aliphatic hydroxyl groups is 2. The van der Waals surface area contributed by atoms with Gasteiger partial charge in [-0.3, -0.25) is 10.2 Å². The van der Waals surface area contributed by atoms with Crippen molar-refractivity contribution in [2.75, 3.05) is 6.61 Å². The van der Waals surface area contributed by atoms with Crippen molar-refractivity contribution in [3.05, 3.63) is 0 Å². The van der Waals surface area contributed by atoms with E-state index in [1.165, 1.54) is 0 Å². The quantitative estimate of drug-likeness (QED) is 0.199. The van der Waals surface area contributed by atoms with E-state index in [9.17, 15) is 4.79 Å². The highest BCUT2D eigenvalue weighted by molar-refractivity contribution is 5.75. The molecule has 0 fully saturated rings. The first-order valence-corrected chi connectivity index (χ1v) is 2.49. The smallest absolute Gasteiger partial charge is 0.236 e. The van der Waals surface area contributed by atoms with Crippen LogP contribution in [0.1, 0.15) is 6.42 Å². The number of hydrogen-bond donors (Lipinski definition) is 4. The van der Waals surface area contributed by atoms with Gasteiger partial charge in [0, 0.05) is 0 Å². The first-order chi connectivity index (χ1) is 4.20. The second-order valence-corrected chi connectivity index (χ2v) is 1.61. The summed E-state index contributed by atoms with van der Waals surface area (Å²) in [6, 6.07) is 0. The molecule has 0 aliphatic rings. The number of nitrogens with one attached hydrogen (secondary N) is 1. The Morgan fingerprint density at radius 3 is 2.67 bits per heavy atom. The lowest BCUT2D eigenvalue weighted by molar-refractivity contribution is -0.123. The lowest BCUT2D eigenvalue weighted by Gasteiger charge is -2.03. The van der Waals surface area contributed by atoms with Crippen molar-refractivity contribution in [3.63, 3.8) is 0 Å². The van der Waals surface area contributed by atoms with E-state index in [1.807, 2.05) is 5.43 Å². The van der Waals surface area contributed by atoms with Crippen LogP contribution in [0, 0.1) is 0 Å². The molecule has 0 aromatic rings. The second kappa shape index (κ2) is 4.25. The van der Waals surface area contributed by atoms with Gasteiger partial charge in [-0.2, -0.15) is 0 Å². The predicted octanol–water partition coefficient (Wildman–Crippen LogP) is -2.28. The number of hydrazine groups is 1. The maximum atomic E-state index is 10.3. The minimum atomic E-state index is -1.01. The molecule has 0 radical (unpaired) electrons.